The molecule has 0 bridgehead atoms. The summed E-state index contributed by atoms with van der Waals surface area (Å²) in [6, 6.07) is 8.44. The first-order chi connectivity index (χ1) is 16.9. The first-order valence-corrected chi connectivity index (χ1v) is 13.5. The zero-order chi connectivity index (χ0) is 24.9. The molecule has 1 aromatic heterocycles. The second-order valence-electron chi connectivity index (χ2n) is 9.37. The summed E-state index contributed by atoms with van der Waals surface area (Å²) >= 11 is 3.19. The van der Waals surface area contributed by atoms with Crippen LogP contribution in [-0.4, -0.2) is 48.9 Å². The normalized spacial score (nSPS) is 22.1. The Bertz CT molecular complexity index is 1050. The van der Waals surface area contributed by atoms with Crippen molar-refractivity contribution in [3.8, 4) is 11.3 Å². The van der Waals surface area contributed by atoms with Gasteiger partial charge in [0.1, 0.15) is 11.3 Å². The summed E-state index contributed by atoms with van der Waals surface area (Å²) in [7, 11) is 0. The number of ketones is 1. The van der Waals surface area contributed by atoms with Gasteiger partial charge in [0.15, 0.2) is 5.78 Å². The van der Waals surface area contributed by atoms with Gasteiger partial charge in [0.05, 0.1) is 24.6 Å². The second kappa shape index (κ2) is 11.5. The maximum absolute atomic E-state index is 13.8. The summed E-state index contributed by atoms with van der Waals surface area (Å²) in [5, 5.41) is 0.241. The largest absolute Gasteiger partial charge is 0.462 e. The van der Waals surface area contributed by atoms with Crippen LogP contribution in [0.1, 0.15) is 66.7 Å². The molecule has 8 heteroatoms. The molecule has 1 unspecified atom stereocenters. The van der Waals surface area contributed by atoms with Gasteiger partial charge >= 0.3 is 5.97 Å². The van der Waals surface area contributed by atoms with Gasteiger partial charge in [-0.25, -0.2) is 4.79 Å². The minimum absolute atomic E-state index is 0.0166. The zero-order valence-corrected chi connectivity index (χ0v) is 21.8. The van der Waals surface area contributed by atoms with E-state index in [4.69, 9.17) is 13.9 Å². The van der Waals surface area contributed by atoms with Gasteiger partial charge < -0.3 is 13.9 Å². The van der Waals surface area contributed by atoms with Crippen LogP contribution in [0, 0.1) is 11.8 Å². The Morgan fingerprint density at radius 1 is 1.09 bits per heavy atom. The van der Waals surface area contributed by atoms with Crippen molar-refractivity contribution >= 4 is 39.5 Å². The maximum atomic E-state index is 13.8. The van der Waals surface area contributed by atoms with Crippen molar-refractivity contribution in [3.05, 3.63) is 41.5 Å². The third kappa shape index (κ3) is 5.70. The number of carbonyl (C=O) groups is 3. The molecule has 0 spiro atoms. The molecule has 1 aromatic carbocycles. The quantitative estimate of drug-likeness (QED) is 0.242. The topological polar surface area (TPSA) is 86.1 Å². The van der Waals surface area contributed by atoms with E-state index in [1.54, 1.807) is 42.2 Å². The SMILES string of the molecule is CCOC(=O)c1cc(-c2ccc(C(=O)CBr)cc2)oc1N(C(=O)C1CCC(C)CC1)C1CCOC1. The molecule has 35 heavy (non-hydrogen) atoms. The molecule has 2 aliphatic rings. The van der Waals surface area contributed by atoms with Crippen molar-refractivity contribution in [2.24, 2.45) is 11.8 Å². The van der Waals surface area contributed by atoms with Gasteiger partial charge in [0.25, 0.3) is 0 Å². The van der Waals surface area contributed by atoms with Gasteiger partial charge in [-0.05, 0) is 44.9 Å². The van der Waals surface area contributed by atoms with Crippen molar-refractivity contribution < 1.29 is 28.3 Å². The van der Waals surface area contributed by atoms with E-state index < -0.39 is 5.97 Å². The van der Waals surface area contributed by atoms with Crippen molar-refractivity contribution in [1.82, 2.24) is 0 Å². The Hall–Kier alpha value is -2.45. The number of esters is 1. The number of Topliss-reactive ketones (excluding diaryl/α,β-unsaturated/α-hetero) is 1. The van der Waals surface area contributed by atoms with Crippen LogP contribution < -0.4 is 4.90 Å². The summed E-state index contributed by atoms with van der Waals surface area (Å²) in [6.45, 7) is 5.13. The molecule has 1 amide bonds. The van der Waals surface area contributed by atoms with E-state index >= 15 is 0 Å². The molecule has 0 radical (unpaired) electrons. The van der Waals surface area contributed by atoms with Crippen LogP contribution in [0.15, 0.2) is 34.7 Å². The standard InChI is InChI=1S/C27H32BrNO6/c1-3-34-27(32)22-14-24(19-10-8-18(9-11-19)23(30)15-28)35-26(22)29(21-12-13-33-16-21)25(31)20-6-4-17(2)5-7-20/h8-11,14,17,20-21H,3-7,12-13,15-16H2,1-2H3. The zero-order valence-electron chi connectivity index (χ0n) is 20.3. The molecule has 1 aliphatic carbocycles. The van der Waals surface area contributed by atoms with Gasteiger partial charge in [-0.1, -0.05) is 47.1 Å². The Labute approximate surface area is 214 Å². The molecule has 2 aromatic rings. The Morgan fingerprint density at radius 2 is 1.80 bits per heavy atom. The highest BCUT2D eigenvalue weighted by molar-refractivity contribution is 9.09. The van der Waals surface area contributed by atoms with Gasteiger partial charge in [0.2, 0.25) is 11.8 Å². The van der Waals surface area contributed by atoms with Crippen LogP contribution in [0.4, 0.5) is 5.88 Å². The lowest BCUT2D eigenvalue weighted by Gasteiger charge is -2.33. The third-order valence-electron chi connectivity index (χ3n) is 6.91. The lowest BCUT2D eigenvalue weighted by Crippen LogP contribution is -2.45. The van der Waals surface area contributed by atoms with E-state index in [0.29, 0.717) is 42.4 Å². The van der Waals surface area contributed by atoms with Crippen LogP contribution in [0.5, 0.6) is 0 Å². The first kappa shape index (κ1) is 25.6. The van der Waals surface area contributed by atoms with E-state index in [2.05, 4.69) is 22.9 Å². The molecule has 188 valence electrons. The number of benzene rings is 1. The Kier molecular flexibility index (Phi) is 8.44. The lowest BCUT2D eigenvalue weighted by molar-refractivity contribution is -0.124. The van der Waals surface area contributed by atoms with Crippen LogP contribution in [0.3, 0.4) is 0 Å². The van der Waals surface area contributed by atoms with Crippen molar-refractivity contribution in [2.45, 2.75) is 52.0 Å². The van der Waals surface area contributed by atoms with E-state index in [0.717, 1.165) is 25.7 Å². The predicted molar refractivity (Wildman–Crippen MR) is 136 cm³/mol. The smallest absolute Gasteiger partial charge is 0.343 e. The molecule has 0 N–H and O–H groups in total. The summed E-state index contributed by atoms with van der Waals surface area (Å²) in [4.78, 5) is 40.4. The van der Waals surface area contributed by atoms with Crippen LogP contribution >= 0.6 is 15.9 Å². The highest BCUT2D eigenvalue weighted by Crippen LogP contribution is 2.38. The van der Waals surface area contributed by atoms with Crippen molar-refractivity contribution in [1.29, 1.82) is 0 Å². The van der Waals surface area contributed by atoms with Gasteiger partial charge in [-0.15, -0.1) is 0 Å². The molecular weight excluding hydrogens is 514 g/mol. The number of halogens is 1. The summed E-state index contributed by atoms with van der Waals surface area (Å²) in [6.07, 6.45) is 4.36. The molecule has 1 aliphatic heterocycles. The van der Waals surface area contributed by atoms with Crippen molar-refractivity contribution in [3.63, 3.8) is 0 Å². The minimum atomic E-state index is -0.530. The van der Waals surface area contributed by atoms with Gasteiger partial charge in [-0.3, -0.25) is 14.5 Å². The van der Waals surface area contributed by atoms with E-state index in [9.17, 15) is 14.4 Å². The number of amides is 1. The molecule has 4 rings (SSSR count). The fraction of sp³-hybridized carbons (Fsp3) is 0.519. The summed E-state index contributed by atoms with van der Waals surface area (Å²) < 4.78 is 17.2. The monoisotopic (exact) mass is 545 g/mol. The summed E-state index contributed by atoms with van der Waals surface area (Å²) in [5.41, 5.74) is 1.51. The molecule has 1 atom stereocenters. The number of ether oxygens (including phenoxy) is 2. The molecule has 1 saturated carbocycles. The van der Waals surface area contributed by atoms with E-state index in [1.807, 2.05) is 0 Å². The number of furan rings is 1. The summed E-state index contributed by atoms with van der Waals surface area (Å²) in [5.74, 6) is 0.600. The highest BCUT2D eigenvalue weighted by atomic mass is 79.9. The molecular formula is C27H32BrNO6. The molecule has 2 heterocycles. The van der Waals surface area contributed by atoms with E-state index in [1.165, 1.54) is 0 Å². The fourth-order valence-electron chi connectivity index (χ4n) is 4.83. The first-order valence-electron chi connectivity index (χ1n) is 12.3. The van der Waals surface area contributed by atoms with Crippen LogP contribution in [0.2, 0.25) is 0 Å². The average molecular weight is 546 g/mol. The number of carbonyl (C=O) groups excluding carboxylic acids is 3. The molecule has 7 nitrogen and oxygen atoms in total. The molecule has 2 fully saturated rings. The fourth-order valence-corrected chi connectivity index (χ4v) is 5.15. The minimum Gasteiger partial charge on any atom is -0.462 e. The Morgan fingerprint density at radius 3 is 2.40 bits per heavy atom. The predicted octanol–water partition coefficient (Wildman–Crippen LogP) is 5.65. The number of rotatable bonds is 8. The van der Waals surface area contributed by atoms with Gasteiger partial charge in [-0.2, -0.15) is 0 Å². The van der Waals surface area contributed by atoms with Crippen molar-refractivity contribution in [2.75, 3.05) is 30.1 Å². The number of hydrogen-bond acceptors (Lipinski definition) is 6. The van der Waals surface area contributed by atoms with Crippen LogP contribution in [-0.2, 0) is 14.3 Å². The lowest BCUT2D eigenvalue weighted by atomic mass is 9.82. The second-order valence-corrected chi connectivity index (χ2v) is 9.93. The number of alkyl halides is 1. The van der Waals surface area contributed by atoms with Crippen LogP contribution in [0.25, 0.3) is 11.3 Å². The number of nitrogens with zero attached hydrogens (tertiary/aromatic N) is 1. The highest BCUT2D eigenvalue weighted by Gasteiger charge is 2.39. The maximum Gasteiger partial charge on any atom is 0.343 e. The van der Waals surface area contributed by atoms with E-state index in [-0.39, 0.29) is 47.0 Å². The third-order valence-corrected chi connectivity index (χ3v) is 7.42. The Balaban J connectivity index is 1.73. The molecule has 1 saturated heterocycles. The average Bonchev–Trinajstić information content (AvgIpc) is 3.56. The van der Waals surface area contributed by atoms with Gasteiger partial charge in [0, 0.05) is 29.7 Å². The number of hydrogen-bond donors (Lipinski definition) is 0. The number of anilines is 1.